The first kappa shape index (κ1) is 24.0. The molecule has 1 aromatic carbocycles. The summed E-state index contributed by atoms with van der Waals surface area (Å²) in [5.74, 6) is -0.238. The molecule has 1 aliphatic carbocycles. The van der Waals surface area contributed by atoms with E-state index in [9.17, 15) is 19.7 Å². The van der Waals surface area contributed by atoms with Crippen molar-refractivity contribution in [2.75, 3.05) is 13.2 Å². The molecular weight excluding hydrogens is 482 g/mol. The van der Waals surface area contributed by atoms with Gasteiger partial charge in [0.15, 0.2) is 19.0 Å². The fourth-order valence-electron chi connectivity index (χ4n) is 4.61. The second-order valence-corrected chi connectivity index (χ2v) is 8.54. The van der Waals surface area contributed by atoms with E-state index in [4.69, 9.17) is 18.3 Å². The number of hydrazone groups is 1. The molecule has 3 heterocycles. The van der Waals surface area contributed by atoms with Gasteiger partial charge in [-0.2, -0.15) is 5.10 Å². The molecule has 11 nitrogen and oxygen atoms in total. The van der Waals surface area contributed by atoms with Crippen LogP contribution in [0.5, 0.6) is 5.75 Å². The molecule has 3 aromatic rings. The number of fused-ring (bicyclic) bond motifs is 1. The van der Waals surface area contributed by atoms with Gasteiger partial charge in [0.1, 0.15) is 17.6 Å². The van der Waals surface area contributed by atoms with Gasteiger partial charge in [-0.3, -0.25) is 14.9 Å². The van der Waals surface area contributed by atoms with E-state index < -0.39 is 36.1 Å². The van der Waals surface area contributed by atoms with Gasteiger partial charge in [0, 0.05) is 12.0 Å². The fourth-order valence-corrected chi connectivity index (χ4v) is 4.61. The maximum Gasteiger partial charge on any atom is 0.344 e. The first-order valence-electron chi connectivity index (χ1n) is 11.7. The Morgan fingerprint density at radius 3 is 2.68 bits per heavy atom. The quantitative estimate of drug-likeness (QED) is 0.247. The van der Waals surface area contributed by atoms with Crippen LogP contribution in [0.2, 0.25) is 0 Å². The molecule has 190 valence electrons. The standard InChI is InChI=1S/C26H23N3O8/c30-23(15-37-24(31)16-36-21-10-2-1-9-20(21)29(32)33)28-26(22-11-5-13-35-22)19-8-3-6-17(25(19)27-28)14-18-7-4-12-34-18/h1-2,4-5,7,9-14,19,26H,3,6,8,15-16H2. The van der Waals surface area contributed by atoms with Crippen LogP contribution in [-0.2, 0) is 14.3 Å². The smallest absolute Gasteiger partial charge is 0.344 e. The van der Waals surface area contributed by atoms with E-state index in [0.29, 0.717) is 11.5 Å². The van der Waals surface area contributed by atoms with Gasteiger partial charge in [0.25, 0.3) is 5.91 Å². The number of carbonyl (C=O) groups excluding carboxylic acids is 2. The van der Waals surface area contributed by atoms with E-state index in [2.05, 4.69) is 5.10 Å². The maximum absolute atomic E-state index is 13.2. The highest BCUT2D eigenvalue weighted by Gasteiger charge is 2.45. The Kier molecular flexibility index (Phi) is 6.84. The fraction of sp³-hybridized carbons (Fsp3) is 0.269. The maximum atomic E-state index is 13.2. The SMILES string of the molecule is O=C(COc1ccccc1[N+](=O)[O-])OCC(=O)N1N=C2C(=Cc3ccco3)CCCC2C1c1ccco1. The van der Waals surface area contributed by atoms with Crippen molar-refractivity contribution in [2.24, 2.45) is 11.0 Å². The zero-order valence-corrected chi connectivity index (χ0v) is 19.6. The van der Waals surface area contributed by atoms with Crippen molar-refractivity contribution in [3.8, 4) is 5.75 Å². The molecule has 0 N–H and O–H groups in total. The molecule has 0 saturated heterocycles. The zero-order chi connectivity index (χ0) is 25.8. The van der Waals surface area contributed by atoms with Gasteiger partial charge in [0.2, 0.25) is 0 Å². The molecule has 2 unspecified atom stereocenters. The van der Waals surface area contributed by atoms with Crippen LogP contribution >= 0.6 is 0 Å². The lowest BCUT2D eigenvalue weighted by atomic mass is 9.79. The Morgan fingerprint density at radius 2 is 1.92 bits per heavy atom. The van der Waals surface area contributed by atoms with E-state index in [0.717, 1.165) is 30.5 Å². The van der Waals surface area contributed by atoms with Crippen LogP contribution in [0, 0.1) is 16.0 Å². The number of para-hydroxylation sites is 2. The highest BCUT2D eigenvalue weighted by atomic mass is 16.6. The number of rotatable bonds is 8. The molecule has 1 saturated carbocycles. The van der Waals surface area contributed by atoms with Crippen molar-refractivity contribution in [3.63, 3.8) is 0 Å². The Hall–Kier alpha value is -4.67. The molecule has 5 rings (SSSR count). The van der Waals surface area contributed by atoms with Gasteiger partial charge in [-0.1, -0.05) is 12.1 Å². The molecule has 37 heavy (non-hydrogen) atoms. The molecule has 1 fully saturated rings. The number of allylic oxidation sites excluding steroid dienone is 1. The topological polar surface area (TPSA) is 138 Å². The number of furan rings is 2. The minimum atomic E-state index is -0.844. The number of nitrogens with zero attached hydrogens (tertiary/aromatic N) is 3. The number of benzene rings is 1. The van der Waals surface area contributed by atoms with E-state index >= 15 is 0 Å². The molecule has 11 heteroatoms. The molecule has 0 radical (unpaired) electrons. The number of hydrogen-bond acceptors (Lipinski definition) is 9. The lowest BCUT2D eigenvalue weighted by Gasteiger charge is -2.27. The van der Waals surface area contributed by atoms with Crippen LogP contribution in [-0.4, -0.2) is 40.7 Å². The third-order valence-electron chi connectivity index (χ3n) is 6.22. The van der Waals surface area contributed by atoms with Gasteiger partial charge in [-0.25, -0.2) is 9.80 Å². The number of nitro benzene ring substituents is 1. The van der Waals surface area contributed by atoms with E-state index in [-0.39, 0.29) is 17.4 Å². The summed E-state index contributed by atoms with van der Waals surface area (Å²) in [6, 6.07) is 12.4. The summed E-state index contributed by atoms with van der Waals surface area (Å²) in [5, 5.41) is 17.1. The van der Waals surface area contributed by atoms with Crippen molar-refractivity contribution < 1.29 is 32.8 Å². The van der Waals surface area contributed by atoms with Gasteiger partial charge in [0.05, 0.1) is 23.2 Å². The summed E-state index contributed by atoms with van der Waals surface area (Å²) >= 11 is 0. The Morgan fingerprint density at radius 1 is 1.11 bits per heavy atom. The Labute approximate surface area is 211 Å². The minimum absolute atomic E-state index is 0.0699. The van der Waals surface area contributed by atoms with Crippen LogP contribution in [0.25, 0.3) is 6.08 Å². The molecule has 2 atom stereocenters. The number of hydrogen-bond donors (Lipinski definition) is 0. The van der Waals surface area contributed by atoms with Gasteiger partial charge < -0.3 is 18.3 Å². The number of esters is 1. The first-order chi connectivity index (χ1) is 18.0. The third-order valence-corrected chi connectivity index (χ3v) is 6.22. The largest absolute Gasteiger partial charge is 0.475 e. The van der Waals surface area contributed by atoms with Gasteiger partial charge >= 0.3 is 11.7 Å². The van der Waals surface area contributed by atoms with E-state index in [1.54, 1.807) is 36.8 Å². The zero-order valence-electron chi connectivity index (χ0n) is 19.6. The third kappa shape index (κ3) is 5.15. The molecule has 0 bridgehead atoms. The average Bonchev–Trinajstić information content (AvgIpc) is 3.67. The van der Waals surface area contributed by atoms with Crippen molar-refractivity contribution in [3.05, 3.63) is 88.3 Å². The van der Waals surface area contributed by atoms with Gasteiger partial charge in [-0.05, 0) is 61.2 Å². The number of nitro groups is 1. The number of carbonyl (C=O) groups is 2. The van der Waals surface area contributed by atoms with Gasteiger partial charge in [-0.15, -0.1) is 0 Å². The highest BCUT2D eigenvalue weighted by molar-refractivity contribution is 6.08. The summed E-state index contributed by atoms with van der Waals surface area (Å²) in [6.07, 6.45) is 7.58. The van der Waals surface area contributed by atoms with Crippen LogP contribution in [0.4, 0.5) is 5.69 Å². The molecule has 2 aromatic heterocycles. The van der Waals surface area contributed by atoms with Crippen LogP contribution in [0.1, 0.15) is 36.8 Å². The molecule has 2 aliphatic rings. The molecular formula is C26H23N3O8. The van der Waals surface area contributed by atoms with Crippen LogP contribution in [0.3, 0.4) is 0 Å². The monoisotopic (exact) mass is 505 g/mol. The average molecular weight is 505 g/mol. The highest BCUT2D eigenvalue weighted by Crippen LogP contribution is 2.44. The summed E-state index contributed by atoms with van der Waals surface area (Å²) in [5.41, 5.74) is 1.48. The summed E-state index contributed by atoms with van der Waals surface area (Å²) in [7, 11) is 0. The van der Waals surface area contributed by atoms with E-state index in [1.807, 2.05) is 12.1 Å². The van der Waals surface area contributed by atoms with Crippen molar-refractivity contribution in [1.82, 2.24) is 5.01 Å². The number of amides is 1. The predicted octanol–water partition coefficient (Wildman–Crippen LogP) is 4.53. The Balaban J connectivity index is 1.29. The summed E-state index contributed by atoms with van der Waals surface area (Å²) < 4.78 is 21.5. The van der Waals surface area contributed by atoms with Crippen molar-refractivity contribution >= 4 is 29.4 Å². The normalized spacial score (nSPS) is 19.8. The Bertz CT molecular complexity index is 1340. The van der Waals surface area contributed by atoms with Crippen molar-refractivity contribution in [2.45, 2.75) is 25.3 Å². The summed E-state index contributed by atoms with van der Waals surface area (Å²) in [6.45, 7) is -1.16. The van der Waals surface area contributed by atoms with Crippen molar-refractivity contribution in [1.29, 1.82) is 0 Å². The van der Waals surface area contributed by atoms with Crippen LogP contribution < -0.4 is 4.74 Å². The molecule has 1 aliphatic heterocycles. The second kappa shape index (κ2) is 10.5. The molecule has 0 spiro atoms. The lowest BCUT2D eigenvalue weighted by molar-refractivity contribution is -0.385. The minimum Gasteiger partial charge on any atom is -0.475 e. The second-order valence-electron chi connectivity index (χ2n) is 8.54. The number of ether oxygens (including phenoxy) is 2. The van der Waals surface area contributed by atoms with Crippen LogP contribution in [0.15, 0.2) is 80.6 Å². The first-order valence-corrected chi connectivity index (χ1v) is 11.7. The molecule has 1 amide bonds. The predicted molar refractivity (Wildman–Crippen MR) is 129 cm³/mol. The van der Waals surface area contributed by atoms with E-state index in [1.165, 1.54) is 23.2 Å². The lowest BCUT2D eigenvalue weighted by Crippen LogP contribution is -2.34. The summed E-state index contributed by atoms with van der Waals surface area (Å²) in [4.78, 5) is 35.9.